The lowest BCUT2D eigenvalue weighted by Crippen LogP contribution is -2.17. The van der Waals surface area contributed by atoms with Crippen molar-refractivity contribution >= 4 is 9.52 Å². The zero-order chi connectivity index (χ0) is 12.7. The Kier molecular flexibility index (Phi) is 7.30. The third-order valence-electron chi connectivity index (χ3n) is 1.45. The summed E-state index contributed by atoms with van der Waals surface area (Å²) < 4.78 is 17.0. The maximum atomic E-state index is 5.71. The summed E-state index contributed by atoms with van der Waals surface area (Å²) in [5, 5.41) is 0.817. The molecule has 3 nitrogen and oxygen atoms in total. The van der Waals surface area contributed by atoms with Crippen LogP contribution in [0.3, 0.4) is 0 Å². The highest BCUT2D eigenvalue weighted by Crippen LogP contribution is 2.15. The van der Waals surface area contributed by atoms with Gasteiger partial charge in [-0.05, 0) is 41.5 Å². The maximum absolute atomic E-state index is 5.71. The average molecular weight is 244 g/mol. The van der Waals surface area contributed by atoms with Crippen LogP contribution >= 0.6 is 0 Å². The van der Waals surface area contributed by atoms with E-state index in [0.717, 1.165) is 5.38 Å². The standard InChI is InChI=1S/C12H24O3Si/c1-8(2)13-11(14-9(3)4)12(16-7)15-10(5)6/h8-10H,1-7H3. The largest absolute Gasteiger partial charge is 0.494 e. The van der Waals surface area contributed by atoms with Gasteiger partial charge in [0, 0.05) is 0 Å². The lowest BCUT2D eigenvalue weighted by molar-refractivity contribution is -0.0333. The molecule has 0 bridgehead atoms. The van der Waals surface area contributed by atoms with Crippen molar-refractivity contribution in [2.45, 2.75) is 66.4 Å². The molecule has 0 unspecified atom stereocenters. The van der Waals surface area contributed by atoms with E-state index in [1.807, 2.05) is 41.5 Å². The molecule has 0 aliphatic heterocycles. The van der Waals surface area contributed by atoms with E-state index < -0.39 is 0 Å². The third kappa shape index (κ3) is 6.77. The fourth-order valence-corrected chi connectivity index (χ4v) is 1.68. The maximum Gasteiger partial charge on any atom is 0.313 e. The molecule has 4 heteroatoms. The molecule has 0 spiro atoms. The van der Waals surface area contributed by atoms with Gasteiger partial charge in [-0.2, -0.15) is 0 Å². The molecule has 0 saturated heterocycles. The van der Waals surface area contributed by atoms with Gasteiger partial charge in [0.15, 0.2) is 0 Å². The molecule has 0 fully saturated rings. The zero-order valence-corrected chi connectivity index (χ0v) is 12.5. The number of ether oxygens (including phenoxy) is 3. The molecule has 0 rings (SSSR count). The van der Waals surface area contributed by atoms with Gasteiger partial charge in [-0.25, -0.2) is 0 Å². The van der Waals surface area contributed by atoms with Gasteiger partial charge in [0.05, 0.1) is 18.3 Å². The fourth-order valence-electron chi connectivity index (χ4n) is 1.01. The van der Waals surface area contributed by atoms with Gasteiger partial charge >= 0.3 is 5.95 Å². The molecule has 0 N–H and O–H groups in total. The van der Waals surface area contributed by atoms with E-state index in [2.05, 4.69) is 6.55 Å². The molecular formula is C12H24O3Si. The minimum Gasteiger partial charge on any atom is -0.494 e. The van der Waals surface area contributed by atoms with Crippen LogP contribution in [-0.2, 0) is 14.2 Å². The van der Waals surface area contributed by atoms with Crippen LogP contribution in [0.25, 0.3) is 0 Å². The first kappa shape index (κ1) is 15.4. The lowest BCUT2D eigenvalue weighted by atomic mass is 10.5. The van der Waals surface area contributed by atoms with E-state index >= 15 is 0 Å². The Morgan fingerprint density at radius 1 is 0.750 bits per heavy atom. The normalized spacial score (nSPS) is 10.9. The molecule has 0 amide bonds. The minimum absolute atomic E-state index is 0.0934. The van der Waals surface area contributed by atoms with E-state index in [-0.39, 0.29) is 18.3 Å². The summed E-state index contributed by atoms with van der Waals surface area (Å²) in [6.45, 7) is 14.0. The second-order valence-corrected chi connectivity index (χ2v) is 5.32. The van der Waals surface area contributed by atoms with Crippen molar-refractivity contribution in [3.8, 4) is 0 Å². The number of hydrogen-bond acceptors (Lipinski definition) is 3. The molecule has 0 saturated carbocycles. The first-order valence-electron chi connectivity index (χ1n) is 5.78. The van der Waals surface area contributed by atoms with Crippen LogP contribution in [0.4, 0.5) is 0 Å². The van der Waals surface area contributed by atoms with Crippen molar-refractivity contribution in [1.82, 2.24) is 0 Å². The van der Waals surface area contributed by atoms with E-state index in [1.165, 1.54) is 0 Å². The molecule has 16 heavy (non-hydrogen) atoms. The quantitative estimate of drug-likeness (QED) is 0.508. The van der Waals surface area contributed by atoms with Crippen molar-refractivity contribution in [2.24, 2.45) is 0 Å². The van der Waals surface area contributed by atoms with Crippen LogP contribution in [-0.4, -0.2) is 27.8 Å². The summed E-state index contributed by atoms with van der Waals surface area (Å²) in [6.07, 6.45) is 0.329. The highest BCUT2D eigenvalue weighted by atomic mass is 28.2. The predicted molar refractivity (Wildman–Crippen MR) is 67.3 cm³/mol. The van der Waals surface area contributed by atoms with Gasteiger partial charge in [0.2, 0.25) is 0 Å². The van der Waals surface area contributed by atoms with Crippen LogP contribution in [0.2, 0.25) is 6.55 Å². The van der Waals surface area contributed by atoms with Crippen molar-refractivity contribution in [1.29, 1.82) is 0 Å². The lowest BCUT2D eigenvalue weighted by Gasteiger charge is -2.21. The smallest absolute Gasteiger partial charge is 0.313 e. The average Bonchev–Trinajstić information content (AvgIpc) is 2.11. The highest BCUT2D eigenvalue weighted by Gasteiger charge is 2.15. The summed E-state index contributed by atoms with van der Waals surface area (Å²) >= 11 is 0. The first-order valence-corrected chi connectivity index (χ1v) is 7.28. The Morgan fingerprint density at radius 3 is 1.38 bits per heavy atom. The third-order valence-corrected chi connectivity index (χ3v) is 2.23. The Labute approximate surface area is 102 Å². The van der Waals surface area contributed by atoms with Gasteiger partial charge in [-0.1, -0.05) is 6.55 Å². The second-order valence-electron chi connectivity index (χ2n) is 4.37. The summed E-state index contributed by atoms with van der Waals surface area (Å²) in [4.78, 5) is 0. The molecule has 0 atom stereocenters. The Morgan fingerprint density at radius 2 is 1.12 bits per heavy atom. The van der Waals surface area contributed by atoms with E-state index in [9.17, 15) is 0 Å². The van der Waals surface area contributed by atoms with Crippen molar-refractivity contribution < 1.29 is 14.2 Å². The second kappa shape index (κ2) is 7.60. The Balaban J connectivity index is 4.80. The molecule has 0 aromatic carbocycles. The number of hydrogen-bond donors (Lipinski definition) is 0. The molecular weight excluding hydrogens is 220 g/mol. The zero-order valence-electron chi connectivity index (χ0n) is 11.5. The summed E-state index contributed by atoms with van der Waals surface area (Å²) in [7, 11) is 0.528. The van der Waals surface area contributed by atoms with E-state index in [1.54, 1.807) is 0 Å². The predicted octanol–water partition coefficient (Wildman–Crippen LogP) is 3.14. The monoisotopic (exact) mass is 244 g/mol. The first-order chi connectivity index (χ1) is 7.36. The van der Waals surface area contributed by atoms with Crippen LogP contribution in [0.5, 0.6) is 0 Å². The van der Waals surface area contributed by atoms with Crippen LogP contribution in [0.15, 0.2) is 11.3 Å². The molecule has 0 heterocycles. The van der Waals surface area contributed by atoms with Gasteiger partial charge in [0.1, 0.15) is 14.9 Å². The number of rotatable bonds is 7. The molecule has 0 aliphatic rings. The van der Waals surface area contributed by atoms with Crippen LogP contribution < -0.4 is 0 Å². The van der Waals surface area contributed by atoms with Crippen LogP contribution in [0, 0.1) is 0 Å². The van der Waals surface area contributed by atoms with Crippen LogP contribution in [0.1, 0.15) is 41.5 Å². The van der Waals surface area contributed by atoms with E-state index in [0.29, 0.717) is 15.5 Å². The summed E-state index contributed by atoms with van der Waals surface area (Å²) in [5.74, 6) is 0.541. The molecule has 0 aliphatic carbocycles. The topological polar surface area (TPSA) is 27.7 Å². The van der Waals surface area contributed by atoms with Gasteiger partial charge in [-0.3, -0.25) is 0 Å². The minimum atomic E-state index is 0.0934. The van der Waals surface area contributed by atoms with Crippen molar-refractivity contribution in [2.75, 3.05) is 0 Å². The van der Waals surface area contributed by atoms with Gasteiger partial charge in [0.25, 0.3) is 0 Å². The summed E-state index contributed by atoms with van der Waals surface area (Å²) in [6, 6.07) is 0. The summed E-state index contributed by atoms with van der Waals surface area (Å²) in [5.41, 5.74) is 0. The molecule has 0 aromatic rings. The Hall–Kier alpha value is -0.643. The molecule has 94 valence electrons. The van der Waals surface area contributed by atoms with Gasteiger partial charge in [-0.15, -0.1) is 0 Å². The Bertz CT molecular complexity index is 210. The fraction of sp³-hybridized carbons (Fsp3) is 0.833. The highest BCUT2D eigenvalue weighted by molar-refractivity contribution is 6.42. The molecule has 0 aromatic heterocycles. The SMILES string of the molecule is C[Si]C(OC(C)C)=C(OC(C)C)OC(C)C. The van der Waals surface area contributed by atoms with Gasteiger partial charge < -0.3 is 14.2 Å². The molecule has 2 radical (unpaired) electrons. The van der Waals surface area contributed by atoms with Crippen molar-refractivity contribution in [3.63, 3.8) is 0 Å². The van der Waals surface area contributed by atoms with Crippen molar-refractivity contribution in [3.05, 3.63) is 11.3 Å². The van der Waals surface area contributed by atoms with E-state index in [4.69, 9.17) is 14.2 Å².